The molecule has 29 heavy (non-hydrogen) atoms. The highest BCUT2D eigenvalue weighted by Gasteiger charge is 2.44. The minimum Gasteiger partial charge on any atom is -0.477 e. The predicted octanol–water partition coefficient (Wildman–Crippen LogP) is 3.44. The lowest BCUT2D eigenvalue weighted by Crippen LogP contribution is -2.40. The van der Waals surface area contributed by atoms with Crippen molar-refractivity contribution in [1.82, 2.24) is 9.47 Å². The van der Waals surface area contributed by atoms with Crippen LogP contribution in [0.5, 0.6) is 0 Å². The van der Waals surface area contributed by atoms with Gasteiger partial charge in [-0.05, 0) is 31.1 Å². The monoisotopic (exact) mass is 408 g/mol. The molecule has 2 aliphatic rings. The van der Waals surface area contributed by atoms with Crippen molar-refractivity contribution >= 4 is 12.0 Å². The molecule has 9 heteroatoms. The minimum atomic E-state index is -3.37. The third-order valence-corrected chi connectivity index (χ3v) is 5.24. The first-order chi connectivity index (χ1) is 13.7. The fraction of sp³-hybridized carbons (Fsp3) is 0.300. The zero-order chi connectivity index (χ0) is 20.9. The first-order valence-corrected chi connectivity index (χ1v) is 9.01. The topological polar surface area (TPSA) is 62.5 Å². The number of aromatic carboxylic acids is 1. The van der Waals surface area contributed by atoms with Gasteiger partial charge >= 0.3 is 5.97 Å². The molecule has 1 aromatic heterocycles. The van der Waals surface area contributed by atoms with E-state index in [0.29, 0.717) is 19.2 Å². The van der Waals surface area contributed by atoms with Crippen LogP contribution in [0.2, 0.25) is 0 Å². The summed E-state index contributed by atoms with van der Waals surface area (Å²) >= 11 is 0. The summed E-state index contributed by atoms with van der Waals surface area (Å²) < 4.78 is 58.5. The van der Waals surface area contributed by atoms with Crippen LogP contribution in [0.3, 0.4) is 0 Å². The standard InChI is InChI=1S/C20H16F4N2O3/c21-11-3-4-15(14(22)7-11)26-10-13(19(28)29)18(27)12-9-20(23,24)17(8-16(12)26)25-5-1-2-6-25/h3-4,7-8,10H,1-2,5-6,9H2,(H,28,29). The van der Waals surface area contributed by atoms with E-state index in [0.717, 1.165) is 41.8 Å². The van der Waals surface area contributed by atoms with Crippen LogP contribution >= 0.6 is 0 Å². The number of fused-ring (bicyclic) bond motifs is 1. The van der Waals surface area contributed by atoms with Crippen LogP contribution in [0.15, 0.2) is 34.9 Å². The Bertz CT molecular complexity index is 1100. The smallest absolute Gasteiger partial charge is 0.341 e. The van der Waals surface area contributed by atoms with Gasteiger partial charge in [-0.2, -0.15) is 8.78 Å². The van der Waals surface area contributed by atoms with E-state index in [2.05, 4.69) is 0 Å². The van der Waals surface area contributed by atoms with Crippen LogP contribution < -0.4 is 5.43 Å². The van der Waals surface area contributed by atoms with Gasteiger partial charge in [0.05, 0.1) is 17.1 Å². The summed E-state index contributed by atoms with van der Waals surface area (Å²) in [4.78, 5) is 25.6. The Balaban J connectivity index is 2.02. The maximum atomic E-state index is 14.8. The molecule has 1 aliphatic carbocycles. The lowest BCUT2D eigenvalue weighted by molar-refractivity contribution is 0.0142. The van der Waals surface area contributed by atoms with Crippen molar-refractivity contribution in [1.29, 1.82) is 0 Å². The van der Waals surface area contributed by atoms with Crippen LogP contribution in [0.25, 0.3) is 11.8 Å². The van der Waals surface area contributed by atoms with Gasteiger partial charge in [-0.1, -0.05) is 0 Å². The number of aromatic nitrogens is 1. The third-order valence-electron chi connectivity index (χ3n) is 5.24. The molecule has 0 amide bonds. The number of hydrogen-bond acceptors (Lipinski definition) is 3. The number of halogens is 4. The van der Waals surface area contributed by atoms with Crippen LogP contribution in [0, 0.1) is 11.6 Å². The first kappa shape index (κ1) is 19.2. The number of rotatable bonds is 3. The van der Waals surface area contributed by atoms with Crippen molar-refractivity contribution in [2.75, 3.05) is 13.1 Å². The summed E-state index contributed by atoms with van der Waals surface area (Å²) in [6.45, 7) is 0.859. The van der Waals surface area contributed by atoms with Crippen LogP contribution in [0.4, 0.5) is 17.6 Å². The van der Waals surface area contributed by atoms with E-state index >= 15 is 0 Å². The molecule has 2 aromatic rings. The number of alkyl halides is 2. The van der Waals surface area contributed by atoms with E-state index in [4.69, 9.17) is 0 Å². The van der Waals surface area contributed by atoms with E-state index in [9.17, 15) is 32.3 Å². The Hall–Kier alpha value is -3.10. The van der Waals surface area contributed by atoms with Crippen molar-refractivity contribution in [3.8, 4) is 5.69 Å². The molecule has 0 atom stereocenters. The summed E-state index contributed by atoms with van der Waals surface area (Å²) in [5.74, 6) is -6.85. The third kappa shape index (κ3) is 3.20. The van der Waals surface area contributed by atoms with E-state index in [-0.39, 0.29) is 17.1 Å². The molecule has 0 saturated carbocycles. The Labute approximate surface area is 162 Å². The molecular formula is C20H16F4N2O3. The Morgan fingerprint density at radius 1 is 1.14 bits per heavy atom. The number of likely N-dealkylation sites (tertiary alicyclic amines) is 1. The molecule has 1 fully saturated rings. The first-order valence-electron chi connectivity index (χ1n) is 9.01. The molecule has 1 aliphatic heterocycles. The van der Waals surface area contributed by atoms with Gasteiger partial charge in [0.1, 0.15) is 17.2 Å². The fourth-order valence-electron chi connectivity index (χ4n) is 3.87. The van der Waals surface area contributed by atoms with Crippen LogP contribution in [-0.2, 0) is 6.42 Å². The highest BCUT2D eigenvalue weighted by molar-refractivity contribution is 5.88. The molecule has 5 nitrogen and oxygen atoms in total. The second-order valence-corrected chi connectivity index (χ2v) is 7.11. The highest BCUT2D eigenvalue weighted by atomic mass is 19.3. The van der Waals surface area contributed by atoms with Crippen LogP contribution in [0.1, 0.15) is 34.5 Å². The number of hydrogen-bond donors (Lipinski definition) is 1. The Morgan fingerprint density at radius 3 is 2.45 bits per heavy atom. The SMILES string of the molecule is O=C(O)c1cn(-c2ccc(F)cc2F)c2c(c1=O)CC(F)(F)C(N1CCCC1)=C2. The van der Waals surface area contributed by atoms with E-state index in [1.54, 1.807) is 0 Å². The number of carbonyl (C=O) groups is 1. The number of allylic oxidation sites excluding steroid dienone is 1. The van der Waals surface area contributed by atoms with E-state index < -0.39 is 46.5 Å². The molecule has 1 saturated heterocycles. The summed E-state index contributed by atoms with van der Waals surface area (Å²) in [6, 6.07) is 2.63. The second-order valence-electron chi connectivity index (χ2n) is 7.11. The van der Waals surface area contributed by atoms with Crippen LogP contribution in [-0.4, -0.2) is 39.6 Å². The van der Waals surface area contributed by atoms with E-state index in [1.807, 2.05) is 0 Å². The molecule has 1 N–H and O–H groups in total. The summed E-state index contributed by atoms with van der Waals surface area (Å²) in [5.41, 5.74) is -2.78. The number of nitrogens with zero attached hydrogens (tertiary/aromatic N) is 2. The largest absolute Gasteiger partial charge is 0.477 e. The molecule has 0 radical (unpaired) electrons. The normalized spacial score (nSPS) is 17.8. The van der Waals surface area contributed by atoms with Crippen molar-refractivity contribution in [3.63, 3.8) is 0 Å². The Morgan fingerprint density at radius 2 is 1.83 bits per heavy atom. The van der Waals surface area contributed by atoms with Gasteiger partial charge in [0.25, 0.3) is 5.92 Å². The zero-order valence-corrected chi connectivity index (χ0v) is 15.1. The minimum absolute atomic E-state index is 0.0293. The van der Waals surface area contributed by atoms with Crippen molar-refractivity contribution in [2.45, 2.75) is 25.2 Å². The maximum absolute atomic E-state index is 14.8. The second kappa shape index (κ2) is 6.75. The number of pyridine rings is 1. The quantitative estimate of drug-likeness (QED) is 0.791. The maximum Gasteiger partial charge on any atom is 0.341 e. The molecule has 4 rings (SSSR count). The molecule has 152 valence electrons. The predicted molar refractivity (Wildman–Crippen MR) is 96.3 cm³/mol. The summed E-state index contributed by atoms with van der Waals surface area (Å²) in [7, 11) is 0. The van der Waals surface area contributed by atoms with E-state index in [1.165, 1.54) is 4.90 Å². The molecule has 1 aromatic carbocycles. The van der Waals surface area contributed by atoms with Crippen molar-refractivity contribution in [3.05, 3.63) is 68.8 Å². The molecular weight excluding hydrogens is 392 g/mol. The number of carboxylic acid groups (broad SMARTS) is 1. The lowest BCUT2D eigenvalue weighted by atomic mass is 9.93. The summed E-state index contributed by atoms with van der Waals surface area (Å²) in [6.07, 6.45) is 2.50. The van der Waals surface area contributed by atoms with Gasteiger partial charge in [-0.3, -0.25) is 4.79 Å². The fourth-order valence-corrected chi connectivity index (χ4v) is 3.87. The molecule has 0 bridgehead atoms. The van der Waals surface area contributed by atoms with Gasteiger partial charge < -0.3 is 14.6 Å². The highest BCUT2D eigenvalue weighted by Crippen LogP contribution is 2.39. The zero-order valence-electron chi connectivity index (χ0n) is 15.1. The van der Waals surface area contributed by atoms with Gasteiger partial charge in [0, 0.05) is 37.3 Å². The molecule has 0 spiro atoms. The van der Waals surface area contributed by atoms with Gasteiger partial charge in [-0.15, -0.1) is 0 Å². The van der Waals surface area contributed by atoms with Gasteiger partial charge in [-0.25, -0.2) is 13.6 Å². The summed E-state index contributed by atoms with van der Waals surface area (Å²) in [5, 5.41) is 9.33. The Kier molecular flexibility index (Phi) is 4.48. The average Bonchev–Trinajstić information content (AvgIpc) is 3.16. The van der Waals surface area contributed by atoms with Gasteiger partial charge in [0.2, 0.25) is 0 Å². The number of benzene rings is 1. The van der Waals surface area contributed by atoms with Gasteiger partial charge in [0.15, 0.2) is 5.43 Å². The molecule has 0 unspecified atom stereocenters. The van der Waals surface area contributed by atoms with Crippen molar-refractivity contribution in [2.24, 2.45) is 0 Å². The van der Waals surface area contributed by atoms with Crippen molar-refractivity contribution < 1.29 is 27.5 Å². The molecule has 2 heterocycles. The lowest BCUT2D eigenvalue weighted by Gasteiger charge is -2.33. The number of carboxylic acids is 1. The average molecular weight is 408 g/mol.